The van der Waals surface area contributed by atoms with Gasteiger partial charge in [0.25, 0.3) is 0 Å². The molecule has 0 heterocycles. The van der Waals surface area contributed by atoms with Crippen molar-refractivity contribution in [1.82, 2.24) is 0 Å². The van der Waals surface area contributed by atoms with Gasteiger partial charge >= 0.3 is 5.97 Å². The van der Waals surface area contributed by atoms with Gasteiger partial charge in [-0.1, -0.05) is 20.8 Å². The lowest BCUT2D eigenvalue weighted by molar-refractivity contribution is -0.149. The molecule has 3 nitrogen and oxygen atoms in total. The number of aliphatic hydroxyl groups is 1. The summed E-state index contributed by atoms with van der Waals surface area (Å²) in [7, 11) is 0. The molecule has 14 heavy (non-hydrogen) atoms. The van der Waals surface area contributed by atoms with Crippen LogP contribution < -0.4 is 0 Å². The average molecular weight is 198 g/mol. The van der Waals surface area contributed by atoms with Gasteiger partial charge in [-0.15, -0.1) is 0 Å². The number of carbonyl (C=O) groups is 1. The zero-order valence-electron chi connectivity index (χ0n) is 8.95. The van der Waals surface area contributed by atoms with Crippen molar-refractivity contribution in [2.45, 2.75) is 39.7 Å². The number of aliphatic hydroxyl groups excluding tert-OH is 1. The fraction of sp³-hybridized carbons (Fsp3) is 0.909. The standard InChI is InChI=1S/C11H18O3/c1-10(2)6-4-5-11(10,3)8(12)7(6)9(13)14/h6-8,12H,4-5H2,1-3H3,(H,13,14)/t6-,7-,8+,11-/m1/s1. The Kier molecular flexibility index (Phi) is 1.79. The Morgan fingerprint density at radius 2 is 1.93 bits per heavy atom. The summed E-state index contributed by atoms with van der Waals surface area (Å²) >= 11 is 0. The summed E-state index contributed by atoms with van der Waals surface area (Å²) in [6, 6.07) is 0. The molecule has 80 valence electrons. The molecule has 0 aliphatic heterocycles. The molecule has 0 aromatic rings. The fourth-order valence-corrected chi connectivity index (χ4v) is 3.64. The summed E-state index contributed by atoms with van der Waals surface area (Å²) < 4.78 is 0. The maximum Gasteiger partial charge on any atom is 0.309 e. The Labute approximate surface area is 84.1 Å². The molecule has 2 fully saturated rings. The summed E-state index contributed by atoms with van der Waals surface area (Å²) in [5.41, 5.74) is -0.254. The second-order valence-corrected chi connectivity index (χ2v) is 5.59. The quantitative estimate of drug-likeness (QED) is 0.671. The second-order valence-electron chi connectivity index (χ2n) is 5.59. The summed E-state index contributed by atoms with van der Waals surface area (Å²) in [5, 5.41) is 19.2. The summed E-state index contributed by atoms with van der Waals surface area (Å²) in [4.78, 5) is 11.1. The fourth-order valence-electron chi connectivity index (χ4n) is 3.64. The zero-order valence-corrected chi connectivity index (χ0v) is 8.95. The maximum absolute atomic E-state index is 11.1. The predicted molar refractivity (Wildman–Crippen MR) is 51.7 cm³/mol. The van der Waals surface area contributed by atoms with E-state index in [0.29, 0.717) is 0 Å². The molecule has 3 heteroatoms. The number of rotatable bonds is 1. The van der Waals surface area contributed by atoms with Crippen molar-refractivity contribution in [3.63, 3.8) is 0 Å². The highest BCUT2D eigenvalue weighted by Gasteiger charge is 2.67. The van der Waals surface area contributed by atoms with Crippen molar-refractivity contribution in [2.75, 3.05) is 0 Å². The van der Waals surface area contributed by atoms with Gasteiger partial charge in [-0.05, 0) is 29.6 Å². The Bertz CT molecular complexity index is 284. The van der Waals surface area contributed by atoms with Crippen molar-refractivity contribution >= 4 is 5.97 Å². The van der Waals surface area contributed by atoms with Crippen molar-refractivity contribution in [3.05, 3.63) is 0 Å². The molecule has 2 N–H and O–H groups in total. The van der Waals surface area contributed by atoms with Crippen LogP contribution in [0.4, 0.5) is 0 Å². The van der Waals surface area contributed by atoms with E-state index in [1.807, 2.05) is 6.92 Å². The molecule has 2 saturated carbocycles. The van der Waals surface area contributed by atoms with Crippen molar-refractivity contribution in [3.8, 4) is 0 Å². The lowest BCUT2D eigenvalue weighted by Crippen LogP contribution is -2.39. The first-order valence-electron chi connectivity index (χ1n) is 5.23. The number of hydrogen-bond donors (Lipinski definition) is 2. The van der Waals surface area contributed by atoms with E-state index in [2.05, 4.69) is 13.8 Å². The highest BCUT2D eigenvalue weighted by molar-refractivity contribution is 5.72. The van der Waals surface area contributed by atoms with Crippen LogP contribution in [0.5, 0.6) is 0 Å². The monoisotopic (exact) mass is 198 g/mol. The first-order valence-corrected chi connectivity index (χ1v) is 5.23. The van der Waals surface area contributed by atoms with Gasteiger partial charge in [0.1, 0.15) is 0 Å². The minimum atomic E-state index is -0.834. The van der Waals surface area contributed by atoms with Crippen LogP contribution >= 0.6 is 0 Å². The zero-order chi connectivity index (χ0) is 10.7. The lowest BCUT2D eigenvalue weighted by atomic mass is 9.70. The molecule has 2 rings (SSSR count). The molecule has 2 aliphatic carbocycles. The molecule has 2 bridgehead atoms. The average Bonchev–Trinajstić information content (AvgIpc) is 2.35. The smallest absolute Gasteiger partial charge is 0.309 e. The SMILES string of the molecule is CC1(C)[C@@H]2CC[C@]1(C)[C@@H](O)[C@@H]2C(=O)O. The number of carboxylic acids is 1. The molecule has 0 amide bonds. The molecular formula is C11H18O3. The third kappa shape index (κ3) is 0.842. The van der Waals surface area contributed by atoms with E-state index in [-0.39, 0.29) is 16.7 Å². The Morgan fingerprint density at radius 3 is 2.21 bits per heavy atom. The minimum absolute atomic E-state index is 0.0462. The van der Waals surface area contributed by atoms with E-state index in [1.54, 1.807) is 0 Å². The van der Waals surface area contributed by atoms with Gasteiger partial charge in [-0.3, -0.25) is 4.79 Å². The van der Waals surface area contributed by atoms with Gasteiger partial charge in [0, 0.05) is 0 Å². The van der Waals surface area contributed by atoms with E-state index in [1.165, 1.54) is 0 Å². The van der Waals surface area contributed by atoms with Gasteiger partial charge in [0.2, 0.25) is 0 Å². The second kappa shape index (κ2) is 2.51. The third-order valence-corrected chi connectivity index (χ3v) is 5.09. The molecule has 2 aliphatic rings. The first-order chi connectivity index (χ1) is 6.32. The van der Waals surface area contributed by atoms with E-state index in [9.17, 15) is 9.90 Å². The Morgan fingerprint density at radius 1 is 1.36 bits per heavy atom. The number of fused-ring (bicyclic) bond motifs is 2. The van der Waals surface area contributed by atoms with Crippen LogP contribution in [-0.2, 0) is 4.79 Å². The van der Waals surface area contributed by atoms with Gasteiger partial charge < -0.3 is 10.2 Å². The molecule has 0 spiro atoms. The van der Waals surface area contributed by atoms with Crippen molar-refractivity contribution < 1.29 is 15.0 Å². The van der Waals surface area contributed by atoms with Gasteiger partial charge in [0.05, 0.1) is 12.0 Å². The van der Waals surface area contributed by atoms with Crippen molar-refractivity contribution in [2.24, 2.45) is 22.7 Å². The van der Waals surface area contributed by atoms with Gasteiger partial charge in [-0.25, -0.2) is 0 Å². The van der Waals surface area contributed by atoms with Crippen LogP contribution in [0.2, 0.25) is 0 Å². The maximum atomic E-state index is 11.1. The normalized spacial score (nSPS) is 49.6. The summed E-state index contributed by atoms with van der Waals surface area (Å²) in [6.07, 6.45) is 1.22. The largest absolute Gasteiger partial charge is 0.481 e. The van der Waals surface area contributed by atoms with Crippen LogP contribution in [0.3, 0.4) is 0 Å². The van der Waals surface area contributed by atoms with Gasteiger partial charge in [0.15, 0.2) is 0 Å². The van der Waals surface area contributed by atoms with Crippen LogP contribution in [-0.4, -0.2) is 22.3 Å². The number of aliphatic carboxylic acids is 1. The summed E-state index contributed by atoms with van der Waals surface area (Å²) in [5.74, 6) is -1.25. The molecule has 0 aromatic carbocycles. The predicted octanol–water partition coefficient (Wildman–Crippen LogP) is 1.50. The van der Waals surface area contributed by atoms with Crippen LogP contribution in [0.15, 0.2) is 0 Å². The summed E-state index contributed by atoms with van der Waals surface area (Å²) in [6.45, 7) is 6.22. The van der Waals surface area contributed by atoms with Crippen LogP contribution in [0.1, 0.15) is 33.6 Å². The third-order valence-electron chi connectivity index (χ3n) is 5.09. The van der Waals surface area contributed by atoms with Gasteiger partial charge in [-0.2, -0.15) is 0 Å². The van der Waals surface area contributed by atoms with E-state index < -0.39 is 18.0 Å². The number of hydrogen-bond acceptors (Lipinski definition) is 2. The van der Waals surface area contributed by atoms with E-state index >= 15 is 0 Å². The molecule has 0 unspecified atom stereocenters. The van der Waals surface area contributed by atoms with Crippen LogP contribution in [0.25, 0.3) is 0 Å². The molecule has 4 atom stereocenters. The van der Waals surface area contributed by atoms with E-state index in [0.717, 1.165) is 12.8 Å². The highest BCUT2D eigenvalue weighted by Crippen LogP contribution is 2.67. The van der Waals surface area contributed by atoms with Crippen LogP contribution in [0, 0.1) is 22.7 Å². The van der Waals surface area contributed by atoms with E-state index in [4.69, 9.17) is 5.11 Å². The Hall–Kier alpha value is -0.570. The minimum Gasteiger partial charge on any atom is -0.481 e. The number of carboxylic acid groups (broad SMARTS) is 1. The highest BCUT2D eigenvalue weighted by atomic mass is 16.4. The lowest BCUT2D eigenvalue weighted by Gasteiger charge is -2.36. The molecule has 0 radical (unpaired) electrons. The first kappa shape index (κ1) is 9.97. The molecule has 0 aromatic heterocycles. The Balaban J connectivity index is 2.44. The molecule has 0 saturated heterocycles. The molecular weight excluding hydrogens is 180 g/mol. The topological polar surface area (TPSA) is 57.5 Å². The van der Waals surface area contributed by atoms with Crippen molar-refractivity contribution in [1.29, 1.82) is 0 Å².